The van der Waals surface area contributed by atoms with Crippen LogP contribution < -0.4 is 14.8 Å². The Morgan fingerprint density at radius 2 is 1.95 bits per heavy atom. The standard InChI is InChI=1S/C14H19ClN2O2S/c1-14(2)5-6-20-13(17-14)16-10-7-9(15)11(18-3)8-12(10)19-4/h7-8H,5-6H2,1-4H3,(H,16,17). The van der Waals surface area contributed by atoms with Gasteiger partial charge in [0, 0.05) is 11.8 Å². The van der Waals surface area contributed by atoms with E-state index in [-0.39, 0.29) is 5.54 Å². The van der Waals surface area contributed by atoms with Gasteiger partial charge in [0.2, 0.25) is 0 Å². The number of rotatable bonds is 3. The fourth-order valence-electron chi connectivity index (χ4n) is 1.90. The minimum Gasteiger partial charge on any atom is -0.495 e. The molecule has 1 aliphatic rings. The van der Waals surface area contributed by atoms with Gasteiger partial charge in [-0.05, 0) is 26.3 Å². The number of anilines is 1. The highest BCUT2D eigenvalue weighted by Crippen LogP contribution is 2.37. The number of halogens is 1. The van der Waals surface area contributed by atoms with Crippen LogP contribution in [0.3, 0.4) is 0 Å². The van der Waals surface area contributed by atoms with Crippen molar-refractivity contribution in [2.75, 3.05) is 25.3 Å². The Morgan fingerprint density at radius 3 is 2.55 bits per heavy atom. The van der Waals surface area contributed by atoms with Crippen LogP contribution in [0.2, 0.25) is 5.02 Å². The number of hydrogen-bond acceptors (Lipinski definition) is 5. The van der Waals surface area contributed by atoms with Gasteiger partial charge in [-0.15, -0.1) is 0 Å². The molecule has 1 aliphatic heterocycles. The molecule has 1 aromatic carbocycles. The maximum absolute atomic E-state index is 6.16. The van der Waals surface area contributed by atoms with E-state index < -0.39 is 0 Å². The summed E-state index contributed by atoms with van der Waals surface area (Å²) in [5, 5.41) is 4.72. The number of ether oxygens (including phenoxy) is 2. The SMILES string of the molecule is COc1cc(OC)c(NC2=NC(C)(C)CCS2)cc1Cl. The van der Waals surface area contributed by atoms with E-state index in [0.717, 1.165) is 23.0 Å². The molecule has 0 bridgehead atoms. The molecule has 0 aliphatic carbocycles. The van der Waals surface area contributed by atoms with Crippen molar-refractivity contribution in [3.63, 3.8) is 0 Å². The highest BCUT2D eigenvalue weighted by atomic mass is 35.5. The number of amidine groups is 1. The summed E-state index contributed by atoms with van der Waals surface area (Å²) in [6.07, 6.45) is 1.07. The van der Waals surface area contributed by atoms with Crippen LogP contribution in [0.1, 0.15) is 20.3 Å². The molecule has 0 fully saturated rings. The van der Waals surface area contributed by atoms with Gasteiger partial charge in [-0.3, -0.25) is 4.99 Å². The maximum Gasteiger partial charge on any atom is 0.161 e. The number of nitrogens with one attached hydrogen (secondary N) is 1. The van der Waals surface area contributed by atoms with E-state index in [1.807, 2.05) is 0 Å². The number of benzene rings is 1. The van der Waals surface area contributed by atoms with E-state index in [1.165, 1.54) is 0 Å². The van der Waals surface area contributed by atoms with Crippen LogP contribution in [0.5, 0.6) is 11.5 Å². The first-order chi connectivity index (χ1) is 9.45. The summed E-state index contributed by atoms with van der Waals surface area (Å²) in [4.78, 5) is 4.70. The average Bonchev–Trinajstić information content (AvgIpc) is 2.38. The first-order valence-corrected chi connectivity index (χ1v) is 7.73. The second kappa shape index (κ2) is 6.14. The Labute approximate surface area is 128 Å². The Hall–Kier alpha value is -1.07. The molecule has 6 heteroatoms. The molecule has 4 nitrogen and oxygen atoms in total. The van der Waals surface area contributed by atoms with Gasteiger partial charge >= 0.3 is 0 Å². The number of nitrogens with zero attached hydrogens (tertiary/aromatic N) is 1. The van der Waals surface area contributed by atoms with Crippen molar-refractivity contribution < 1.29 is 9.47 Å². The molecule has 1 N–H and O–H groups in total. The van der Waals surface area contributed by atoms with Crippen LogP contribution >= 0.6 is 23.4 Å². The van der Waals surface area contributed by atoms with Crippen molar-refractivity contribution >= 4 is 34.2 Å². The molecule has 0 amide bonds. The van der Waals surface area contributed by atoms with E-state index >= 15 is 0 Å². The smallest absolute Gasteiger partial charge is 0.161 e. The lowest BCUT2D eigenvalue weighted by molar-refractivity contribution is 0.396. The van der Waals surface area contributed by atoms with Gasteiger partial charge in [0.05, 0.1) is 30.5 Å². The van der Waals surface area contributed by atoms with Crippen molar-refractivity contribution in [1.82, 2.24) is 0 Å². The number of aliphatic imine (C=N–C) groups is 1. The van der Waals surface area contributed by atoms with Crippen molar-refractivity contribution in [2.45, 2.75) is 25.8 Å². The van der Waals surface area contributed by atoms with Crippen molar-refractivity contribution in [2.24, 2.45) is 4.99 Å². The molecular formula is C14H19ClN2O2S. The summed E-state index contributed by atoms with van der Waals surface area (Å²) >= 11 is 7.87. The van der Waals surface area contributed by atoms with Crippen LogP contribution in [-0.4, -0.2) is 30.7 Å². The van der Waals surface area contributed by atoms with Crippen molar-refractivity contribution in [1.29, 1.82) is 0 Å². The Balaban J connectivity index is 2.29. The average molecular weight is 315 g/mol. The van der Waals surface area contributed by atoms with Crippen LogP contribution in [0.25, 0.3) is 0 Å². The van der Waals surface area contributed by atoms with E-state index in [2.05, 4.69) is 19.2 Å². The highest BCUT2D eigenvalue weighted by Gasteiger charge is 2.23. The lowest BCUT2D eigenvalue weighted by atomic mass is 10.0. The Morgan fingerprint density at radius 1 is 1.25 bits per heavy atom. The van der Waals surface area contributed by atoms with E-state index in [4.69, 9.17) is 26.1 Å². The quantitative estimate of drug-likeness (QED) is 0.914. The van der Waals surface area contributed by atoms with Gasteiger partial charge in [-0.1, -0.05) is 23.4 Å². The van der Waals surface area contributed by atoms with Crippen molar-refractivity contribution in [3.05, 3.63) is 17.2 Å². The topological polar surface area (TPSA) is 42.9 Å². The molecule has 2 rings (SSSR count). The minimum absolute atomic E-state index is 0.0307. The van der Waals surface area contributed by atoms with E-state index in [0.29, 0.717) is 16.5 Å². The molecule has 1 aromatic rings. The molecule has 0 spiro atoms. The second-order valence-corrected chi connectivity index (χ2v) is 6.63. The van der Waals surface area contributed by atoms with Gasteiger partial charge in [-0.2, -0.15) is 0 Å². The van der Waals surface area contributed by atoms with Crippen LogP contribution in [0.15, 0.2) is 17.1 Å². The third-order valence-corrected chi connectivity index (χ3v) is 4.24. The number of hydrogen-bond donors (Lipinski definition) is 1. The third kappa shape index (κ3) is 3.52. The molecule has 0 saturated carbocycles. The maximum atomic E-state index is 6.16. The third-order valence-electron chi connectivity index (χ3n) is 3.07. The summed E-state index contributed by atoms with van der Waals surface area (Å²) in [7, 11) is 3.20. The van der Waals surface area contributed by atoms with Crippen LogP contribution in [0.4, 0.5) is 5.69 Å². The monoisotopic (exact) mass is 314 g/mol. The van der Waals surface area contributed by atoms with Gasteiger partial charge in [-0.25, -0.2) is 0 Å². The van der Waals surface area contributed by atoms with Crippen molar-refractivity contribution in [3.8, 4) is 11.5 Å². The van der Waals surface area contributed by atoms with Gasteiger partial charge in [0.1, 0.15) is 11.5 Å². The highest BCUT2D eigenvalue weighted by molar-refractivity contribution is 8.14. The van der Waals surface area contributed by atoms with Crippen LogP contribution in [0, 0.1) is 0 Å². The molecule has 0 radical (unpaired) electrons. The zero-order valence-corrected chi connectivity index (χ0v) is 13.7. The summed E-state index contributed by atoms with van der Waals surface area (Å²) in [5.74, 6) is 2.32. The zero-order chi connectivity index (χ0) is 14.8. The van der Waals surface area contributed by atoms with Crippen LogP contribution in [-0.2, 0) is 0 Å². The summed E-state index contributed by atoms with van der Waals surface area (Å²) in [5.41, 5.74) is 0.763. The Bertz CT molecular complexity index is 532. The molecule has 20 heavy (non-hydrogen) atoms. The predicted molar refractivity (Wildman–Crippen MR) is 86.8 cm³/mol. The van der Waals surface area contributed by atoms with E-state index in [1.54, 1.807) is 38.1 Å². The lowest BCUT2D eigenvalue weighted by Crippen LogP contribution is -2.27. The summed E-state index contributed by atoms with van der Waals surface area (Å²) in [6, 6.07) is 3.56. The molecule has 1 heterocycles. The summed E-state index contributed by atoms with van der Waals surface area (Å²) < 4.78 is 10.6. The largest absolute Gasteiger partial charge is 0.495 e. The normalized spacial score (nSPS) is 17.4. The lowest BCUT2D eigenvalue weighted by Gasteiger charge is -2.26. The molecular weight excluding hydrogens is 296 g/mol. The predicted octanol–water partition coefficient (Wildman–Crippen LogP) is 4.04. The first kappa shape index (κ1) is 15.3. The molecule has 0 aromatic heterocycles. The van der Waals surface area contributed by atoms with E-state index in [9.17, 15) is 0 Å². The molecule has 0 saturated heterocycles. The zero-order valence-electron chi connectivity index (χ0n) is 12.1. The van der Waals surface area contributed by atoms with Gasteiger partial charge < -0.3 is 14.8 Å². The van der Waals surface area contributed by atoms with Gasteiger partial charge in [0.15, 0.2) is 5.17 Å². The molecule has 0 unspecified atom stereocenters. The fraction of sp³-hybridized carbons (Fsp3) is 0.500. The number of methoxy groups -OCH3 is 2. The summed E-state index contributed by atoms with van der Waals surface area (Å²) in [6.45, 7) is 4.26. The molecule has 0 atom stereocenters. The molecule has 110 valence electrons. The fourth-order valence-corrected chi connectivity index (χ4v) is 3.43. The van der Waals surface area contributed by atoms with Gasteiger partial charge in [0.25, 0.3) is 0 Å². The first-order valence-electron chi connectivity index (χ1n) is 6.36. The number of thioether (sulfide) groups is 1. The second-order valence-electron chi connectivity index (χ2n) is 5.14. The Kier molecular flexibility index (Phi) is 4.70. The minimum atomic E-state index is -0.0307.